The SMILES string of the molecule is CCc1cccc(CC)c1NC(N)=NCC1(C)CCCO1. The number of nitrogens with zero attached hydrogens (tertiary/aromatic N) is 1. The van der Waals surface area contributed by atoms with Crippen LogP contribution < -0.4 is 11.1 Å². The Balaban J connectivity index is 2.10. The molecule has 1 saturated heterocycles. The molecule has 0 amide bonds. The summed E-state index contributed by atoms with van der Waals surface area (Å²) in [6.45, 7) is 7.86. The number of nitrogens with one attached hydrogen (secondary N) is 1. The van der Waals surface area contributed by atoms with Crippen molar-refractivity contribution >= 4 is 11.6 Å². The highest BCUT2D eigenvalue weighted by Gasteiger charge is 2.29. The standard InChI is InChI=1S/C17H27N3O/c1-4-13-8-6-9-14(5-2)15(13)20-16(18)19-12-17(3)10-7-11-21-17/h6,8-9H,4-5,7,10-12H2,1-3H3,(H3,18,19,20). The first kappa shape index (κ1) is 15.8. The lowest BCUT2D eigenvalue weighted by molar-refractivity contribution is 0.0284. The average molecular weight is 289 g/mol. The fourth-order valence-corrected chi connectivity index (χ4v) is 2.78. The summed E-state index contributed by atoms with van der Waals surface area (Å²) in [5, 5.41) is 3.29. The van der Waals surface area contributed by atoms with Crippen LogP contribution in [0, 0.1) is 0 Å². The molecule has 1 aliphatic heterocycles. The maximum absolute atomic E-state index is 6.07. The first-order chi connectivity index (χ1) is 10.1. The first-order valence-electron chi connectivity index (χ1n) is 7.89. The number of anilines is 1. The molecule has 0 spiro atoms. The highest BCUT2D eigenvalue weighted by molar-refractivity contribution is 5.93. The second kappa shape index (κ2) is 6.94. The van der Waals surface area contributed by atoms with Crippen molar-refractivity contribution in [3.05, 3.63) is 29.3 Å². The van der Waals surface area contributed by atoms with E-state index in [4.69, 9.17) is 10.5 Å². The van der Waals surface area contributed by atoms with Crippen LogP contribution in [-0.2, 0) is 17.6 Å². The molecule has 0 aliphatic carbocycles. The van der Waals surface area contributed by atoms with Crippen LogP contribution >= 0.6 is 0 Å². The third-order valence-electron chi connectivity index (χ3n) is 4.14. The molecule has 2 rings (SSSR count). The maximum atomic E-state index is 6.07. The van der Waals surface area contributed by atoms with Gasteiger partial charge in [-0.15, -0.1) is 0 Å². The van der Waals surface area contributed by atoms with Crippen LogP contribution in [0.3, 0.4) is 0 Å². The van der Waals surface area contributed by atoms with Crippen molar-refractivity contribution in [2.45, 2.75) is 52.1 Å². The highest BCUT2D eigenvalue weighted by atomic mass is 16.5. The zero-order valence-electron chi connectivity index (χ0n) is 13.4. The van der Waals surface area contributed by atoms with Crippen molar-refractivity contribution in [1.29, 1.82) is 0 Å². The van der Waals surface area contributed by atoms with E-state index in [1.807, 2.05) is 0 Å². The summed E-state index contributed by atoms with van der Waals surface area (Å²) in [6, 6.07) is 6.37. The van der Waals surface area contributed by atoms with Gasteiger partial charge in [0.25, 0.3) is 0 Å². The Morgan fingerprint density at radius 3 is 2.52 bits per heavy atom. The summed E-state index contributed by atoms with van der Waals surface area (Å²) in [7, 11) is 0. The topological polar surface area (TPSA) is 59.6 Å². The Hall–Kier alpha value is -1.55. The van der Waals surface area contributed by atoms with E-state index in [1.54, 1.807) is 0 Å². The van der Waals surface area contributed by atoms with Crippen molar-refractivity contribution in [2.75, 3.05) is 18.5 Å². The molecule has 1 atom stereocenters. The minimum atomic E-state index is -0.149. The number of para-hydroxylation sites is 1. The Morgan fingerprint density at radius 2 is 2.00 bits per heavy atom. The van der Waals surface area contributed by atoms with E-state index < -0.39 is 0 Å². The number of aliphatic imine (C=N–C) groups is 1. The summed E-state index contributed by atoms with van der Waals surface area (Å²) < 4.78 is 5.74. The molecule has 1 fully saturated rings. The second-order valence-corrected chi connectivity index (χ2v) is 5.89. The Morgan fingerprint density at radius 1 is 1.33 bits per heavy atom. The summed E-state index contributed by atoms with van der Waals surface area (Å²) in [5.41, 5.74) is 9.58. The van der Waals surface area contributed by atoms with Crippen molar-refractivity contribution in [2.24, 2.45) is 10.7 Å². The number of benzene rings is 1. The molecule has 4 heteroatoms. The number of guanidine groups is 1. The molecule has 0 aromatic heterocycles. The maximum Gasteiger partial charge on any atom is 0.193 e. The first-order valence-corrected chi connectivity index (χ1v) is 7.89. The van der Waals surface area contributed by atoms with Gasteiger partial charge in [0.15, 0.2) is 5.96 Å². The van der Waals surface area contributed by atoms with Gasteiger partial charge in [-0.3, -0.25) is 4.99 Å². The lowest BCUT2D eigenvalue weighted by Gasteiger charge is -2.21. The molecule has 0 saturated carbocycles. The van der Waals surface area contributed by atoms with E-state index in [1.165, 1.54) is 11.1 Å². The van der Waals surface area contributed by atoms with Gasteiger partial charge in [-0.1, -0.05) is 32.0 Å². The molecule has 0 radical (unpaired) electrons. The van der Waals surface area contributed by atoms with Crippen molar-refractivity contribution < 1.29 is 4.74 Å². The van der Waals surface area contributed by atoms with Gasteiger partial charge in [-0.05, 0) is 43.7 Å². The van der Waals surface area contributed by atoms with Crippen molar-refractivity contribution in [1.82, 2.24) is 0 Å². The largest absolute Gasteiger partial charge is 0.373 e. The Bertz CT molecular complexity index is 483. The van der Waals surface area contributed by atoms with Crippen LogP contribution in [-0.4, -0.2) is 24.7 Å². The highest BCUT2D eigenvalue weighted by Crippen LogP contribution is 2.25. The van der Waals surface area contributed by atoms with Gasteiger partial charge in [-0.2, -0.15) is 0 Å². The predicted molar refractivity (Wildman–Crippen MR) is 88.9 cm³/mol. The molecule has 3 N–H and O–H groups in total. The van der Waals surface area contributed by atoms with E-state index in [2.05, 4.69) is 49.3 Å². The summed E-state index contributed by atoms with van der Waals surface area (Å²) in [5.74, 6) is 0.474. The zero-order valence-corrected chi connectivity index (χ0v) is 13.4. The molecular formula is C17H27N3O. The van der Waals surface area contributed by atoms with Crippen molar-refractivity contribution in [3.8, 4) is 0 Å². The molecule has 21 heavy (non-hydrogen) atoms. The Labute approximate surface area is 127 Å². The minimum absolute atomic E-state index is 0.149. The minimum Gasteiger partial charge on any atom is -0.373 e. The number of hydrogen-bond acceptors (Lipinski definition) is 2. The summed E-state index contributed by atoms with van der Waals surface area (Å²) in [6.07, 6.45) is 4.11. The predicted octanol–water partition coefficient (Wildman–Crippen LogP) is 3.11. The quantitative estimate of drug-likeness (QED) is 0.647. The van der Waals surface area contributed by atoms with Crippen molar-refractivity contribution in [3.63, 3.8) is 0 Å². The monoisotopic (exact) mass is 289 g/mol. The van der Waals surface area contributed by atoms with E-state index >= 15 is 0 Å². The smallest absolute Gasteiger partial charge is 0.193 e. The molecule has 116 valence electrons. The zero-order chi connectivity index (χ0) is 15.3. The lowest BCUT2D eigenvalue weighted by Crippen LogP contribution is -2.31. The van der Waals surface area contributed by atoms with E-state index in [-0.39, 0.29) is 5.60 Å². The molecule has 1 aliphatic rings. The number of hydrogen-bond donors (Lipinski definition) is 2. The van der Waals surface area contributed by atoms with Crippen LogP contribution in [0.5, 0.6) is 0 Å². The molecular weight excluding hydrogens is 262 g/mol. The fraction of sp³-hybridized carbons (Fsp3) is 0.588. The molecule has 1 aromatic carbocycles. The summed E-state index contributed by atoms with van der Waals surface area (Å²) >= 11 is 0. The van der Waals surface area contributed by atoms with Gasteiger partial charge in [0.2, 0.25) is 0 Å². The Kier molecular flexibility index (Phi) is 5.23. The van der Waals surface area contributed by atoms with E-state index in [0.717, 1.165) is 38.0 Å². The number of ether oxygens (including phenoxy) is 1. The number of rotatable bonds is 5. The van der Waals surface area contributed by atoms with Crippen LogP contribution in [0.4, 0.5) is 5.69 Å². The average Bonchev–Trinajstić information content (AvgIpc) is 2.93. The van der Waals surface area contributed by atoms with E-state index in [0.29, 0.717) is 12.5 Å². The molecule has 1 heterocycles. The lowest BCUT2D eigenvalue weighted by atomic mass is 10.0. The van der Waals surface area contributed by atoms with Gasteiger partial charge in [0.05, 0.1) is 12.1 Å². The third kappa shape index (κ3) is 3.97. The van der Waals surface area contributed by atoms with Crippen LogP contribution in [0.15, 0.2) is 23.2 Å². The van der Waals surface area contributed by atoms with E-state index in [9.17, 15) is 0 Å². The van der Waals surface area contributed by atoms with Gasteiger partial charge in [0.1, 0.15) is 0 Å². The molecule has 0 bridgehead atoms. The van der Waals surface area contributed by atoms with Crippen LogP contribution in [0.1, 0.15) is 44.7 Å². The van der Waals surface area contributed by atoms with Gasteiger partial charge in [0, 0.05) is 12.3 Å². The van der Waals surface area contributed by atoms with Gasteiger partial charge < -0.3 is 15.8 Å². The van der Waals surface area contributed by atoms with Crippen LogP contribution in [0.25, 0.3) is 0 Å². The second-order valence-electron chi connectivity index (χ2n) is 5.89. The molecule has 1 unspecified atom stereocenters. The number of nitrogens with two attached hydrogens (primary N) is 1. The van der Waals surface area contributed by atoms with Gasteiger partial charge in [-0.25, -0.2) is 0 Å². The van der Waals surface area contributed by atoms with Gasteiger partial charge >= 0.3 is 0 Å². The fourth-order valence-electron chi connectivity index (χ4n) is 2.78. The number of aryl methyl sites for hydroxylation is 2. The van der Waals surface area contributed by atoms with Crippen LogP contribution in [0.2, 0.25) is 0 Å². The normalized spacial score (nSPS) is 22.5. The molecule has 1 aromatic rings. The summed E-state index contributed by atoms with van der Waals surface area (Å²) in [4.78, 5) is 4.48. The third-order valence-corrected chi connectivity index (χ3v) is 4.14. The molecule has 4 nitrogen and oxygen atoms in total.